The average Bonchev–Trinajstić information content (AvgIpc) is 3.35. The average molecular weight is 366 g/mol. The first-order valence-electron chi connectivity index (χ1n) is 9.13. The van der Waals surface area contributed by atoms with E-state index < -0.39 is 0 Å². The van der Waals surface area contributed by atoms with Crippen LogP contribution in [0.2, 0.25) is 0 Å². The summed E-state index contributed by atoms with van der Waals surface area (Å²) in [6.45, 7) is 3.46. The fourth-order valence-corrected chi connectivity index (χ4v) is 4.39. The van der Waals surface area contributed by atoms with Crippen molar-refractivity contribution < 1.29 is 9.53 Å². The van der Waals surface area contributed by atoms with Crippen LogP contribution in [-0.2, 0) is 11.2 Å². The van der Waals surface area contributed by atoms with Gasteiger partial charge in [0.1, 0.15) is 0 Å². The van der Waals surface area contributed by atoms with Gasteiger partial charge in [0, 0.05) is 12.2 Å². The van der Waals surface area contributed by atoms with Crippen molar-refractivity contribution in [1.82, 2.24) is 4.98 Å². The number of benzene rings is 2. The number of para-hydroxylation sites is 1. The molecule has 0 radical (unpaired) electrons. The zero-order valence-corrected chi connectivity index (χ0v) is 15.7. The first-order chi connectivity index (χ1) is 12.8. The fraction of sp³-hybridized carbons (Fsp3) is 0.333. The predicted molar refractivity (Wildman–Crippen MR) is 106 cm³/mol. The van der Waals surface area contributed by atoms with Gasteiger partial charge in [-0.1, -0.05) is 48.6 Å². The maximum Gasteiger partial charge on any atom is 0.260 e. The fourth-order valence-electron chi connectivity index (χ4n) is 3.37. The van der Waals surface area contributed by atoms with Gasteiger partial charge in [-0.2, -0.15) is 0 Å². The molecule has 0 saturated carbocycles. The zero-order valence-electron chi connectivity index (χ0n) is 14.9. The molecule has 0 aliphatic carbocycles. The van der Waals surface area contributed by atoms with Crippen LogP contribution in [0, 0.1) is 0 Å². The van der Waals surface area contributed by atoms with Crippen molar-refractivity contribution in [2.75, 3.05) is 18.1 Å². The Hall–Kier alpha value is -2.24. The highest BCUT2D eigenvalue weighted by atomic mass is 32.1. The third kappa shape index (κ3) is 3.37. The lowest BCUT2D eigenvalue weighted by molar-refractivity contribution is 0.0917. The molecule has 0 N–H and O–H groups in total. The molecule has 4 rings (SSSR count). The van der Waals surface area contributed by atoms with E-state index in [0.717, 1.165) is 41.2 Å². The molecule has 5 heteroatoms. The van der Waals surface area contributed by atoms with Crippen LogP contribution < -0.4 is 4.90 Å². The summed E-state index contributed by atoms with van der Waals surface area (Å²) in [5, 5.41) is 0.755. The van der Waals surface area contributed by atoms with Crippen LogP contribution in [0.1, 0.15) is 35.7 Å². The van der Waals surface area contributed by atoms with E-state index in [9.17, 15) is 4.79 Å². The molecular formula is C21H22N2O2S. The Balaban J connectivity index is 1.73. The van der Waals surface area contributed by atoms with Gasteiger partial charge in [-0.05, 0) is 43.0 Å². The first-order valence-corrected chi connectivity index (χ1v) is 9.95. The molecule has 1 atom stereocenters. The molecule has 2 aromatic carbocycles. The summed E-state index contributed by atoms with van der Waals surface area (Å²) in [6, 6.07) is 15.7. The molecule has 2 heterocycles. The molecule has 1 fully saturated rings. The molecule has 1 amide bonds. The van der Waals surface area contributed by atoms with E-state index in [-0.39, 0.29) is 12.0 Å². The summed E-state index contributed by atoms with van der Waals surface area (Å²) in [5.41, 5.74) is 2.91. The molecule has 134 valence electrons. The van der Waals surface area contributed by atoms with Crippen molar-refractivity contribution in [3.05, 3.63) is 59.7 Å². The van der Waals surface area contributed by atoms with Crippen LogP contribution in [0.25, 0.3) is 10.2 Å². The molecule has 0 bridgehead atoms. The minimum Gasteiger partial charge on any atom is -0.376 e. The molecule has 1 aliphatic heterocycles. The number of thiazole rings is 1. The van der Waals surface area contributed by atoms with Crippen molar-refractivity contribution in [3.63, 3.8) is 0 Å². The number of carbonyl (C=O) groups excluding carboxylic acids is 1. The lowest BCUT2D eigenvalue weighted by Gasteiger charge is -2.23. The van der Waals surface area contributed by atoms with Gasteiger partial charge in [0.15, 0.2) is 5.13 Å². The van der Waals surface area contributed by atoms with E-state index >= 15 is 0 Å². The minimum atomic E-state index is -0.0156. The van der Waals surface area contributed by atoms with E-state index in [4.69, 9.17) is 9.72 Å². The molecule has 1 aliphatic rings. The van der Waals surface area contributed by atoms with Gasteiger partial charge in [0.05, 0.1) is 22.9 Å². The lowest BCUT2D eigenvalue weighted by Crippen LogP contribution is -2.37. The summed E-state index contributed by atoms with van der Waals surface area (Å²) in [6.07, 6.45) is 3.06. The number of nitrogens with zero attached hydrogens (tertiary/aromatic N) is 2. The number of fused-ring (bicyclic) bond motifs is 1. The Morgan fingerprint density at radius 1 is 1.23 bits per heavy atom. The number of hydrogen-bond acceptors (Lipinski definition) is 4. The Labute approximate surface area is 157 Å². The van der Waals surface area contributed by atoms with Crippen LogP contribution in [-0.4, -0.2) is 30.1 Å². The van der Waals surface area contributed by atoms with Crippen LogP contribution >= 0.6 is 11.3 Å². The van der Waals surface area contributed by atoms with E-state index in [1.54, 1.807) is 16.2 Å². The summed E-state index contributed by atoms with van der Waals surface area (Å²) in [4.78, 5) is 19.8. The SMILES string of the molecule is CCc1cccc2sc(N(CC3CCCO3)C(=O)c3ccccc3)nc12. The monoisotopic (exact) mass is 366 g/mol. The molecule has 26 heavy (non-hydrogen) atoms. The number of carbonyl (C=O) groups is 1. The third-order valence-electron chi connectivity index (χ3n) is 4.78. The van der Waals surface area contributed by atoms with Crippen molar-refractivity contribution in [3.8, 4) is 0 Å². The maximum atomic E-state index is 13.2. The largest absolute Gasteiger partial charge is 0.376 e. The number of aromatic nitrogens is 1. The number of rotatable bonds is 5. The number of anilines is 1. The number of aryl methyl sites for hydroxylation is 1. The lowest BCUT2D eigenvalue weighted by atomic mass is 10.1. The quantitative estimate of drug-likeness (QED) is 0.658. The molecule has 1 unspecified atom stereocenters. The minimum absolute atomic E-state index is 0.0156. The van der Waals surface area contributed by atoms with E-state index in [2.05, 4.69) is 25.1 Å². The highest BCUT2D eigenvalue weighted by Gasteiger charge is 2.27. The van der Waals surface area contributed by atoms with E-state index in [1.807, 2.05) is 30.3 Å². The third-order valence-corrected chi connectivity index (χ3v) is 5.82. The summed E-state index contributed by atoms with van der Waals surface area (Å²) >= 11 is 1.58. The van der Waals surface area contributed by atoms with Gasteiger partial charge >= 0.3 is 0 Å². The molecule has 1 saturated heterocycles. The number of ether oxygens (including phenoxy) is 1. The Morgan fingerprint density at radius 2 is 2.08 bits per heavy atom. The van der Waals surface area contributed by atoms with Crippen molar-refractivity contribution >= 4 is 32.6 Å². The van der Waals surface area contributed by atoms with Crippen LogP contribution in [0.5, 0.6) is 0 Å². The first kappa shape index (κ1) is 17.2. The second-order valence-corrected chi connectivity index (χ2v) is 7.54. The molecular weight excluding hydrogens is 344 g/mol. The van der Waals surface area contributed by atoms with Gasteiger partial charge in [0.2, 0.25) is 0 Å². The molecule has 3 aromatic rings. The van der Waals surface area contributed by atoms with Crippen molar-refractivity contribution in [1.29, 1.82) is 0 Å². The topological polar surface area (TPSA) is 42.4 Å². The smallest absolute Gasteiger partial charge is 0.260 e. The summed E-state index contributed by atoms with van der Waals surface area (Å²) in [7, 11) is 0. The second-order valence-electron chi connectivity index (χ2n) is 6.53. The van der Waals surface area contributed by atoms with Crippen molar-refractivity contribution in [2.24, 2.45) is 0 Å². The van der Waals surface area contributed by atoms with E-state index in [1.165, 1.54) is 5.56 Å². The standard InChI is InChI=1S/C21H22N2O2S/c1-2-15-10-6-12-18-19(15)22-21(26-18)23(14-17-11-7-13-25-17)20(24)16-8-4-3-5-9-16/h3-6,8-10,12,17H,2,7,11,13-14H2,1H3. The highest BCUT2D eigenvalue weighted by molar-refractivity contribution is 7.22. The van der Waals surface area contributed by atoms with Crippen LogP contribution in [0.15, 0.2) is 48.5 Å². The number of hydrogen-bond donors (Lipinski definition) is 0. The van der Waals surface area contributed by atoms with Gasteiger partial charge in [0.25, 0.3) is 5.91 Å². The Morgan fingerprint density at radius 3 is 2.81 bits per heavy atom. The van der Waals surface area contributed by atoms with Gasteiger partial charge < -0.3 is 4.74 Å². The van der Waals surface area contributed by atoms with Crippen molar-refractivity contribution in [2.45, 2.75) is 32.3 Å². The molecule has 0 spiro atoms. The maximum absolute atomic E-state index is 13.2. The predicted octanol–water partition coefficient (Wildman–Crippen LogP) is 4.68. The van der Waals surface area contributed by atoms with Gasteiger partial charge in [-0.25, -0.2) is 4.98 Å². The van der Waals surface area contributed by atoms with Gasteiger partial charge in [-0.15, -0.1) is 0 Å². The number of amides is 1. The van der Waals surface area contributed by atoms with Crippen LogP contribution in [0.3, 0.4) is 0 Å². The molecule has 1 aromatic heterocycles. The Kier molecular flexibility index (Phi) is 5.00. The summed E-state index contributed by atoms with van der Waals surface area (Å²) in [5.74, 6) is -0.0156. The zero-order chi connectivity index (χ0) is 17.9. The van der Waals surface area contributed by atoms with E-state index in [0.29, 0.717) is 12.1 Å². The Bertz CT molecular complexity index is 901. The molecule has 4 nitrogen and oxygen atoms in total. The van der Waals surface area contributed by atoms with Gasteiger partial charge in [-0.3, -0.25) is 9.69 Å². The highest BCUT2D eigenvalue weighted by Crippen LogP contribution is 2.32. The normalized spacial score (nSPS) is 16.9. The summed E-state index contributed by atoms with van der Waals surface area (Å²) < 4.78 is 6.92. The van der Waals surface area contributed by atoms with Crippen LogP contribution in [0.4, 0.5) is 5.13 Å². The second kappa shape index (κ2) is 7.56.